The molecular weight excluding hydrogens is 352 g/mol. The summed E-state index contributed by atoms with van der Waals surface area (Å²) in [7, 11) is 0. The number of fused-ring (bicyclic) bond motifs is 2. The second-order valence-corrected chi connectivity index (χ2v) is 7.79. The van der Waals surface area contributed by atoms with Gasteiger partial charge >= 0.3 is 0 Å². The number of benzene rings is 1. The van der Waals surface area contributed by atoms with Gasteiger partial charge in [0, 0.05) is 49.3 Å². The normalized spacial score (nSPS) is 21.4. The Morgan fingerprint density at radius 3 is 2.43 bits per heavy atom. The zero-order valence-electron chi connectivity index (χ0n) is 16.0. The van der Waals surface area contributed by atoms with Gasteiger partial charge in [0.2, 0.25) is 0 Å². The Hall–Kier alpha value is -3.09. The van der Waals surface area contributed by atoms with Crippen molar-refractivity contribution in [3.05, 3.63) is 53.7 Å². The standard InChI is InChI=1S/C21H22N6O/c1-13-14(2)23-12-24-20(13)26-8-15-10-27(11-16(15)9-26)21(28)19-7-22-17-5-3-4-6-18(17)25-19/h3-7,12,15-16H,8-11H2,1-2H3. The number of hydrogen-bond donors (Lipinski definition) is 0. The van der Waals surface area contributed by atoms with E-state index >= 15 is 0 Å². The average Bonchev–Trinajstić information content (AvgIpc) is 3.28. The lowest BCUT2D eigenvalue weighted by atomic mass is 10.0. The van der Waals surface area contributed by atoms with E-state index < -0.39 is 0 Å². The summed E-state index contributed by atoms with van der Waals surface area (Å²) >= 11 is 0. The fourth-order valence-corrected chi connectivity index (χ4v) is 4.40. The van der Waals surface area contributed by atoms with Crippen molar-refractivity contribution in [2.75, 3.05) is 31.1 Å². The summed E-state index contributed by atoms with van der Waals surface area (Å²) in [6.45, 7) is 7.47. The van der Waals surface area contributed by atoms with Crippen molar-refractivity contribution in [2.24, 2.45) is 11.8 Å². The molecule has 3 aromatic rings. The highest BCUT2D eigenvalue weighted by atomic mass is 16.2. The zero-order valence-corrected chi connectivity index (χ0v) is 16.0. The predicted molar refractivity (Wildman–Crippen MR) is 106 cm³/mol. The Balaban J connectivity index is 1.31. The van der Waals surface area contributed by atoms with E-state index in [1.807, 2.05) is 36.1 Å². The Kier molecular flexibility index (Phi) is 3.96. The number of aromatic nitrogens is 4. The third kappa shape index (κ3) is 2.78. The van der Waals surface area contributed by atoms with Crippen molar-refractivity contribution in [1.29, 1.82) is 0 Å². The predicted octanol–water partition coefficient (Wildman–Crippen LogP) is 2.25. The monoisotopic (exact) mass is 374 g/mol. The van der Waals surface area contributed by atoms with Crippen LogP contribution in [0, 0.1) is 25.7 Å². The van der Waals surface area contributed by atoms with Crippen molar-refractivity contribution in [1.82, 2.24) is 24.8 Å². The van der Waals surface area contributed by atoms with Crippen LogP contribution in [-0.4, -0.2) is 56.9 Å². The molecule has 1 amide bonds. The SMILES string of the molecule is Cc1ncnc(N2CC3CN(C(=O)c4cnc5ccccc5n4)CC3C2)c1C. The summed E-state index contributed by atoms with van der Waals surface area (Å²) in [5.74, 6) is 1.94. The lowest BCUT2D eigenvalue weighted by molar-refractivity contribution is 0.0776. The van der Waals surface area contributed by atoms with Crippen LogP contribution in [0.15, 0.2) is 36.8 Å². The Morgan fingerprint density at radius 1 is 0.964 bits per heavy atom. The molecule has 2 fully saturated rings. The molecular formula is C21H22N6O. The van der Waals surface area contributed by atoms with Gasteiger partial charge in [-0.25, -0.2) is 15.0 Å². The molecule has 0 bridgehead atoms. The molecule has 1 aromatic carbocycles. The number of carbonyl (C=O) groups excluding carboxylic acids is 1. The molecule has 2 aliphatic heterocycles. The number of nitrogens with zero attached hydrogens (tertiary/aromatic N) is 6. The van der Waals surface area contributed by atoms with Crippen LogP contribution < -0.4 is 4.90 Å². The number of aryl methyl sites for hydroxylation is 1. The molecule has 7 nitrogen and oxygen atoms in total. The molecule has 0 spiro atoms. The molecule has 2 saturated heterocycles. The first-order valence-electron chi connectivity index (χ1n) is 9.64. The van der Waals surface area contributed by atoms with E-state index in [-0.39, 0.29) is 5.91 Å². The van der Waals surface area contributed by atoms with Crippen LogP contribution in [0.3, 0.4) is 0 Å². The highest BCUT2D eigenvalue weighted by molar-refractivity contribution is 5.94. The van der Waals surface area contributed by atoms with Crippen LogP contribution in [0.1, 0.15) is 21.7 Å². The van der Waals surface area contributed by atoms with Gasteiger partial charge in [-0.15, -0.1) is 0 Å². The van der Waals surface area contributed by atoms with Crippen LogP contribution >= 0.6 is 0 Å². The molecule has 0 radical (unpaired) electrons. The Labute approximate surface area is 163 Å². The fraction of sp³-hybridized carbons (Fsp3) is 0.381. The average molecular weight is 374 g/mol. The summed E-state index contributed by atoms with van der Waals surface area (Å²) in [4.78, 5) is 34.9. The van der Waals surface area contributed by atoms with E-state index in [9.17, 15) is 4.79 Å². The van der Waals surface area contributed by atoms with Gasteiger partial charge in [0.1, 0.15) is 17.8 Å². The van der Waals surface area contributed by atoms with Gasteiger partial charge < -0.3 is 9.80 Å². The third-order valence-corrected chi connectivity index (χ3v) is 6.05. The number of likely N-dealkylation sites (tertiary alicyclic amines) is 1. The summed E-state index contributed by atoms with van der Waals surface area (Å²) < 4.78 is 0. The molecule has 142 valence electrons. The van der Waals surface area contributed by atoms with E-state index in [0.717, 1.165) is 54.3 Å². The minimum atomic E-state index is -0.0201. The quantitative estimate of drug-likeness (QED) is 0.685. The van der Waals surface area contributed by atoms with Crippen molar-refractivity contribution in [3.8, 4) is 0 Å². The summed E-state index contributed by atoms with van der Waals surface area (Å²) in [5.41, 5.74) is 4.16. The van der Waals surface area contributed by atoms with Crippen LogP contribution in [0.25, 0.3) is 11.0 Å². The molecule has 2 aliphatic rings. The molecule has 4 heterocycles. The van der Waals surface area contributed by atoms with Gasteiger partial charge in [-0.05, 0) is 26.0 Å². The highest BCUT2D eigenvalue weighted by Gasteiger charge is 2.42. The second-order valence-electron chi connectivity index (χ2n) is 7.79. The van der Waals surface area contributed by atoms with Gasteiger partial charge in [-0.3, -0.25) is 9.78 Å². The minimum absolute atomic E-state index is 0.0201. The molecule has 7 heteroatoms. The first kappa shape index (κ1) is 17.0. The maximum atomic E-state index is 13.0. The Morgan fingerprint density at radius 2 is 1.68 bits per heavy atom. The lowest BCUT2D eigenvalue weighted by Gasteiger charge is -2.23. The second kappa shape index (κ2) is 6.51. The summed E-state index contributed by atoms with van der Waals surface area (Å²) in [6, 6.07) is 7.63. The van der Waals surface area contributed by atoms with Crippen LogP contribution in [-0.2, 0) is 0 Å². The van der Waals surface area contributed by atoms with E-state index in [4.69, 9.17) is 0 Å². The number of anilines is 1. The summed E-state index contributed by atoms with van der Waals surface area (Å²) in [6.07, 6.45) is 3.23. The molecule has 2 aromatic heterocycles. The number of para-hydroxylation sites is 2. The molecule has 0 N–H and O–H groups in total. The van der Waals surface area contributed by atoms with Gasteiger partial charge in [0.25, 0.3) is 5.91 Å². The van der Waals surface area contributed by atoms with Crippen LogP contribution in [0.2, 0.25) is 0 Å². The largest absolute Gasteiger partial charge is 0.356 e. The Bertz CT molecular complexity index is 1050. The smallest absolute Gasteiger partial charge is 0.274 e. The molecule has 2 atom stereocenters. The molecule has 0 aliphatic carbocycles. The van der Waals surface area contributed by atoms with E-state index in [1.54, 1.807) is 12.5 Å². The minimum Gasteiger partial charge on any atom is -0.356 e. The maximum Gasteiger partial charge on any atom is 0.274 e. The zero-order chi connectivity index (χ0) is 19.3. The third-order valence-electron chi connectivity index (χ3n) is 6.05. The van der Waals surface area contributed by atoms with E-state index in [0.29, 0.717) is 17.5 Å². The van der Waals surface area contributed by atoms with E-state index in [2.05, 4.69) is 31.8 Å². The molecule has 28 heavy (non-hydrogen) atoms. The first-order valence-corrected chi connectivity index (χ1v) is 9.64. The summed E-state index contributed by atoms with van der Waals surface area (Å²) in [5, 5.41) is 0. The first-order chi connectivity index (χ1) is 13.6. The van der Waals surface area contributed by atoms with Gasteiger partial charge in [0.05, 0.1) is 17.2 Å². The number of amides is 1. The van der Waals surface area contributed by atoms with Crippen molar-refractivity contribution in [3.63, 3.8) is 0 Å². The molecule has 2 unspecified atom stereocenters. The van der Waals surface area contributed by atoms with Crippen molar-refractivity contribution >= 4 is 22.8 Å². The lowest BCUT2D eigenvalue weighted by Crippen LogP contribution is -2.34. The van der Waals surface area contributed by atoms with E-state index in [1.165, 1.54) is 0 Å². The number of hydrogen-bond acceptors (Lipinski definition) is 6. The topological polar surface area (TPSA) is 75.1 Å². The van der Waals surface area contributed by atoms with Crippen LogP contribution in [0.5, 0.6) is 0 Å². The van der Waals surface area contributed by atoms with Gasteiger partial charge in [-0.2, -0.15) is 0 Å². The molecule has 5 rings (SSSR count). The van der Waals surface area contributed by atoms with Crippen molar-refractivity contribution in [2.45, 2.75) is 13.8 Å². The maximum absolute atomic E-state index is 13.0. The highest BCUT2D eigenvalue weighted by Crippen LogP contribution is 2.35. The van der Waals surface area contributed by atoms with Crippen LogP contribution in [0.4, 0.5) is 5.82 Å². The van der Waals surface area contributed by atoms with Crippen molar-refractivity contribution < 1.29 is 4.79 Å². The number of rotatable bonds is 2. The van der Waals surface area contributed by atoms with Gasteiger partial charge in [0.15, 0.2) is 0 Å². The molecule has 0 saturated carbocycles. The number of carbonyl (C=O) groups is 1. The fourth-order valence-electron chi connectivity index (χ4n) is 4.40. The van der Waals surface area contributed by atoms with Gasteiger partial charge in [-0.1, -0.05) is 12.1 Å².